The molecule has 0 bridgehead atoms. The second-order valence-electron chi connectivity index (χ2n) is 4.86. The summed E-state index contributed by atoms with van der Waals surface area (Å²) in [4.78, 5) is 11.2. The second-order valence-corrected chi connectivity index (χ2v) is 4.86. The van der Waals surface area contributed by atoms with Crippen LogP contribution in [0.5, 0.6) is 0 Å². The molecule has 0 aliphatic heterocycles. The van der Waals surface area contributed by atoms with E-state index in [2.05, 4.69) is 29.4 Å². The molecule has 0 atom stereocenters. The maximum atomic E-state index is 11.2. The molecule has 0 radical (unpaired) electrons. The number of aromatic nitrogens is 2. The molecule has 100 valence electrons. The zero-order valence-electron chi connectivity index (χ0n) is 11.1. The summed E-state index contributed by atoms with van der Waals surface area (Å²) >= 11 is 0. The molecule has 5 nitrogen and oxygen atoms in total. The molecule has 1 heterocycles. The fraction of sp³-hybridized carbons (Fsp3) is 0.357. The molecule has 1 aromatic heterocycles. The van der Waals surface area contributed by atoms with Gasteiger partial charge < -0.3 is 10.4 Å². The molecule has 0 saturated heterocycles. The van der Waals surface area contributed by atoms with Crippen molar-refractivity contribution in [2.24, 2.45) is 5.92 Å². The predicted molar refractivity (Wildman–Crippen MR) is 74.4 cm³/mol. The van der Waals surface area contributed by atoms with Crippen LogP contribution in [0, 0.1) is 5.92 Å². The number of benzene rings is 1. The Morgan fingerprint density at radius 1 is 1.32 bits per heavy atom. The molecular formula is C14H17N3O2. The number of anilines is 1. The molecule has 0 amide bonds. The van der Waals surface area contributed by atoms with Gasteiger partial charge in [0.2, 0.25) is 0 Å². The molecule has 0 fully saturated rings. The maximum absolute atomic E-state index is 11.2. The van der Waals surface area contributed by atoms with Crippen molar-refractivity contribution >= 4 is 22.6 Å². The van der Waals surface area contributed by atoms with Crippen LogP contribution in [0.25, 0.3) is 10.9 Å². The summed E-state index contributed by atoms with van der Waals surface area (Å²) in [5.74, 6) is -0.507. The molecule has 0 saturated carbocycles. The van der Waals surface area contributed by atoms with Crippen molar-refractivity contribution in [1.29, 1.82) is 0 Å². The van der Waals surface area contributed by atoms with Crippen molar-refractivity contribution in [3.8, 4) is 0 Å². The van der Waals surface area contributed by atoms with Crippen molar-refractivity contribution in [3.63, 3.8) is 0 Å². The van der Waals surface area contributed by atoms with Gasteiger partial charge in [-0.3, -0.25) is 0 Å². The van der Waals surface area contributed by atoms with Crippen LogP contribution in [0.3, 0.4) is 0 Å². The molecule has 19 heavy (non-hydrogen) atoms. The van der Waals surface area contributed by atoms with Crippen molar-refractivity contribution in [1.82, 2.24) is 10.2 Å². The quantitative estimate of drug-likeness (QED) is 0.863. The van der Waals surface area contributed by atoms with Gasteiger partial charge in [-0.05, 0) is 18.4 Å². The number of fused-ring (bicyclic) bond motifs is 1. The summed E-state index contributed by atoms with van der Waals surface area (Å²) in [7, 11) is 0. The van der Waals surface area contributed by atoms with Crippen LogP contribution in [0.1, 0.15) is 30.8 Å². The van der Waals surface area contributed by atoms with E-state index in [0.29, 0.717) is 23.7 Å². The highest BCUT2D eigenvalue weighted by molar-refractivity contribution is 6.02. The summed E-state index contributed by atoms with van der Waals surface area (Å²) in [5.41, 5.74) is 1.22. The zero-order chi connectivity index (χ0) is 13.8. The molecule has 0 unspecified atom stereocenters. The van der Waals surface area contributed by atoms with E-state index < -0.39 is 5.97 Å². The van der Waals surface area contributed by atoms with Crippen LogP contribution in [-0.2, 0) is 0 Å². The maximum Gasteiger partial charge on any atom is 0.358 e. The van der Waals surface area contributed by atoms with E-state index in [9.17, 15) is 9.90 Å². The second kappa shape index (κ2) is 5.65. The fourth-order valence-corrected chi connectivity index (χ4v) is 1.87. The Labute approximate surface area is 111 Å². The van der Waals surface area contributed by atoms with Gasteiger partial charge >= 0.3 is 5.97 Å². The van der Waals surface area contributed by atoms with Crippen LogP contribution >= 0.6 is 0 Å². The molecule has 1 aromatic carbocycles. The number of hydrogen-bond acceptors (Lipinski definition) is 4. The third-order valence-corrected chi connectivity index (χ3v) is 2.89. The largest absolute Gasteiger partial charge is 0.476 e. The zero-order valence-corrected chi connectivity index (χ0v) is 11.1. The van der Waals surface area contributed by atoms with Gasteiger partial charge in [0.05, 0.1) is 11.2 Å². The van der Waals surface area contributed by atoms with Gasteiger partial charge in [0.15, 0.2) is 5.69 Å². The molecule has 2 aromatic rings. The minimum atomic E-state index is -1.06. The highest BCUT2D eigenvalue weighted by Gasteiger charge is 2.16. The Balaban J connectivity index is 2.41. The summed E-state index contributed by atoms with van der Waals surface area (Å²) in [6.45, 7) is 4.97. The van der Waals surface area contributed by atoms with Gasteiger partial charge in [-0.25, -0.2) is 4.79 Å². The van der Waals surface area contributed by atoms with E-state index in [1.54, 1.807) is 0 Å². The van der Waals surface area contributed by atoms with E-state index in [4.69, 9.17) is 0 Å². The van der Waals surface area contributed by atoms with Gasteiger partial charge in [-0.2, -0.15) is 0 Å². The van der Waals surface area contributed by atoms with Gasteiger partial charge in [0, 0.05) is 11.9 Å². The minimum absolute atomic E-state index is 0.0255. The lowest BCUT2D eigenvalue weighted by atomic mass is 10.1. The van der Waals surface area contributed by atoms with Crippen LogP contribution < -0.4 is 5.32 Å². The normalized spacial score (nSPS) is 10.9. The van der Waals surface area contributed by atoms with Crippen LogP contribution in [0.4, 0.5) is 5.69 Å². The first-order chi connectivity index (χ1) is 9.09. The molecule has 0 spiro atoms. The third-order valence-electron chi connectivity index (χ3n) is 2.89. The number of carboxylic acid groups (broad SMARTS) is 1. The highest BCUT2D eigenvalue weighted by atomic mass is 16.4. The molecule has 2 rings (SSSR count). The lowest BCUT2D eigenvalue weighted by Crippen LogP contribution is -2.12. The Morgan fingerprint density at radius 2 is 2.05 bits per heavy atom. The van der Waals surface area contributed by atoms with Crippen molar-refractivity contribution in [3.05, 3.63) is 30.0 Å². The number of rotatable bonds is 5. The molecule has 2 N–H and O–H groups in total. The first-order valence-electron chi connectivity index (χ1n) is 6.32. The number of carbonyl (C=O) groups is 1. The predicted octanol–water partition coefficient (Wildman–Crippen LogP) is 2.79. The average Bonchev–Trinajstić information content (AvgIpc) is 2.38. The minimum Gasteiger partial charge on any atom is -0.476 e. The lowest BCUT2D eigenvalue weighted by molar-refractivity contribution is 0.0690. The van der Waals surface area contributed by atoms with Crippen LogP contribution in [0.15, 0.2) is 24.3 Å². The number of aromatic carboxylic acids is 1. The third kappa shape index (κ3) is 2.99. The topological polar surface area (TPSA) is 75.1 Å². The van der Waals surface area contributed by atoms with Gasteiger partial charge in [0.25, 0.3) is 0 Å². The molecular weight excluding hydrogens is 242 g/mol. The highest BCUT2D eigenvalue weighted by Crippen LogP contribution is 2.24. The van der Waals surface area contributed by atoms with E-state index in [0.717, 1.165) is 11.8 Å². The first-order valence-corrected chi connectivity index (χ1v) is 6.32. The fourth-order valence-electron chi connectivity index (χ4n) is 1.87. The summed E-state index contributed by atoms with van der Waals surface area (Å²) in [6, 6.07) is 7.40. The first kappa shape index (κ1) is 13.3. The van der Waals surface area contributed by atoms with Crippen LogP contribution in [-0.4, -0.2) is 27.8 Å². The number of nitrogens with zero attached hydrogens (tertiary/aromatic N) is 2. The lowest BCUT2D eigenvalue weighted by Gasteiger charge is -2.12. The Morgan fingerprint density at radius 3 is 2.74 bits per heavy atom. The Bertz CT molecular complexity index is 596. The van der Waals surface area contributed by atoms with Gasteiger partial charge in [0.1, 0.15) is 0 Å². The van der Waals surface area contributed by atoms with Crippen molar-refractivity contribution in [2.75, 3.05) is 11.9 Å². The molecule has 0 aliphatic carbocycles. The standard InChI is InChI=1S/C14H17N3O2/c1-9(2)7-8-15-12-10-5-3-4-6-11(10)16-17-13(12)14(18)19/h3-6,9H,7-8H2,1-2H3,(H,15,16)(H,18,19). The van der Waals surface area contributed by atoms with E-state index in [1.807, 2.05) is 24.3 Å². The Kier molecular flexibility index (Phi) is 3.94. The SMILES string of the molecule is CC(C)CCNc1c(C(=O)O)nnc2ccccc12. The van der Waals surface area contributed by atoms with E-state index in [-0.39, 0.29) is 5.69 Å². The monoisotopic (exact) mass is 259 g/mol. The van der Waals surface area contributed by atoms with Gasteiger partial charge in [-0.1, -0.05) is 32.0 Å². The number of carboxylic acids is 1. The summed E-state index contributed by atoms with van der Waals surface area (Å²) in [5, 5.41) is 20.9. The van der Waals surface area contributed by atoms with Crippen LogP contribution in [0.2, 0.25) is 0 Å². The average molecular weight is 259 g/mol. The molecule has 0 aliphatic rings. The Hall–Kier alpha value is -2.17. The summed E-state index contributed by atoms with van der Waals surface area (Å²) < 4.78 is 0. The van der Waals surface area contributed by atoms with E-state index >= 15 is 0 Å². The van der Waals surface area contributed by atoms with E-state index in [1.165, 1.54) is 0 Å². The molecule has 5 heteroatoms. The summed E-state index contributed by atoms with van der Waals surface area (Å²) in [6.07, 6.45) is 0.968. The smallest absolute Gasteiger partial charge is 0.358 e. The van der Waals surface area contributed by atoms with Gasteiger partial charge in [-0.15, -0.1) is 10.2 Å². The van der Waals surface area contributed by atoms with Crippen molar-refractivity contribution < 1.29 is 9.90 Å². The number of hydrogen-bond donors (Lipinski definition) is 2. The number of nitrogens with one attached hydrogen (secondary N) is 1. The van der Waals surface area contributed by atoms with Crippen molar-refractivity contribution in [2.45, 2.75) is 20.3 Å².